The van der Waals surface area contributed by atoms with Gasteiger partial charge in [0.2, 0.25) is 0 Å². The number of allylic oxidation sites excluding steroid dienone is 2. The predicted octanol–water partition coefficient (Wildman–Crippen LogP) is 2.84. The lowest BCUT2D eigenvalue weighted by atomic mass is 10.0. The zero-order valence-electron chi connectivity index (χ0n) is 10.3. The number of rotatable bonds is 5. The van der Waals surface area contributed by atoms with Crippen LogP contribution < -0.4 is 0 Å². The Morgan fingerprint density at radius 2 is 1.73 bits per heavy atom. The molecule has 3 heteroatoms. The number of carboxylic acid groups (broad SMARTS) is 1. The van der Waals surface area contributed by atoms with Crippen LogP contribution in [-0.4, -0.2) is 22.8 Å². The van der Waals surface area contributed by atoms with Crippen molar-refractivity contribution in [3.05, 3.63) is 11.6 Å². The van der Waals surface area contributed by atoms with Gasteiger partial charge in [-0.2, -0.15) is 0 Å². The number of carbonyl (C=O) groups is 1. The molecule has 90 valence electrons. The molecule has 0 heterocycles. The molecular weight excluding hydrogens is 192 g/mol. The Labute approximate surface area is 92.8 Å². The minimum atomic E-state index is -0.833. The van der Waals surface area contributed by atoms with Gasteiger partial charge in [0.1, 0.15) is 0 Å². The zero-order valence-corrected chi connectivity index (χ0v) is 10.3. The highest BCUT2D eigenvalue weighted by molar-refractivity contribution is 5.62. The van der Waals surface area contributed by atoms with E-state index in [0.29, 0.717) is 12.5 Å². The van der Waals surface area contributed by atoms with Crippen LogP contribution in [0.3, 0.4) is 0 Å². The Hall–Kier alpha value is -0.830. The third-order valence-electron chi connectivity index (χ3n) is 1.69. The Balaban J connectivity index is 0. The molecular formula is C12H24O3. The standard InChI is InChI=1S/C10H20O.C2H4O2/c1-9(2)8-10(3)6-4-5-7-11;1-2(3)4/h8,10-11H,4-7H2,1-3H3;1H3,(H,3,4). The lowest BCUT2D eigenvalue weighted by Crippen LogP contribution is -1.92. The molecule has 1 unspecified atom stereocenters. The summed E-state index contributed by atoms with van der Waals surface area (Å²) in [6, 6.07) is 0. The number of hydrogen-bond acceptors (Lipinski definition) is 2. The van der Waals surface area contributed by atoms with Crippen molar-refractivity contribution in [2.45, 2.75) is 47.0 Å². The average molecular weight is 216 g/mol. The summed E-state index contributed by atoms with van der Waals surface area (Å²) >= 11 is 0. The number of carboxylic acids is 1. The fourth-order valence-corrected chi connectivity index (χ4v) is 1.23. The molecule has 0 saturated carbocycles. The van der Waals surface area contributed by atoms with Crippen LogP contribution >= 0.6 is 0 Å². The Morgan fingerprint density at radius 1 is 1.27 bits per heavy atom. The van der Waals surface area contributed by atoms with Crippen LogP contribution in [0.1, 0.15) is 47.0 Å². The number of aliphatic hydroxyl groups is 1. The Bertz CT molecular complexity index is 177. The lowest BCUT2D eigenvalue weighted by molar-refractivity contribution is -0.134. The van der Waals surface area contributed by atoms with Gasteiger partial charge in [0.25, 0.3) is 5.97 Å². The molecule has 0 bridgehead atoms. The second kappa shape index (κ2) is 11.2. The molecule has 0 aromatic rings. The van der Waals surface area contributed by atoms with E-state index in [4.69, 9.17) is 15.0 Å². The van der Waals surface area contributed by atoms with E-state index < -0.39 is 5.97 Å². The van der Waals surface area contributed by atoms with Crippen LogP contribution in [0, 0.1) is 5.92 Å². The van der Waals surface area contributed by atoms with Gasteiger partial charge >= 0.3 is 0 Å². The van der Waals surface area contributed by atoms with E-state index >= 15 is 0 Å². The Kier molecular flexibility index (Phi) is 12.4. The van der Waals surface area contributed by atoms with Gasteiger partial charge < -0.3 is 10.2 Å². The van der Waals surface area contributed by atoms with E-state index in [1.807, 2.05) is 0 Å². The minimum Gasteiger partial charge on any atom is -0.481 e. The van der Waals surface area contributed by atoms with Gasteiger partial charge in [-0.15, -0.1) is 0 Å². The van der Waals surface area contributed by atoms with E-state index in [9.17, 15) is 0 Å². The third-order valence-corrected chi connectivity index (χ3v) is 1.69. The highest BCUT2D eigenvalue weighted by Crippen LogP contribution is 2.10. The molecule has 0 rings (SSSR count). The first kappa shape index (κ1) is 16.6. The van der Waals surface area contributed by atoms with Crippen LogP contribution in [0.2, 0.25) is 0 Å². The average Bonchev–Trinajstić information content (AvgIpc) is 2.02. The lowest BCUT2D eigenvalue weighted by Gasteiger charge is -2.05. The van der Waals surface area contributed by atoms with Crippen molar-refractivity contribution in [2.75, 3.05) is 6.61 Å². The van der Waals surface area contributed by atoms with Crippen molar-refractivity contribution >= 4 is 5.97 Å². The molecule has 0 aliphatic carbocycles. The SMILES string of the molecule is CC(=O)O.CC(C)=CC(C)CCCCO. The van der Waals surface area contributed by atoms with Gasteiger partial charge in [0.15, 0.2) is 0 Å². The predicted molar refractivity (Wildman–Crippen MR) is 62.8 cm³/mol. The summed E-state index contributed by atoms with van der Waals surface area (Å²) in [5.74, 6) is -0.161. The highest BCUT2D eigenvalue weighted by Gasteiger charge is 1.96. The molecule has 15 heavy (non-hydrogen) atoms. The van der Waals surface area contributed by atoms with E-state index in [0.717, 1.165) is 19.8 Å². The maximum Gasteiger partial charge on any atom is 0.300 e. The fourth-order valence-electron chi connectivity index (χ4n) is 1.23. The molecule has 2 N–H and O–H groups in total. The van der Waals surface area contributed by atoms with Gasteiger partial charge in [0, 0.05) is 13.5 Å². The number of hydrogen-bond donors (Lipinski definition) is 2. The molecule has 0 aliphatic heterocycles. The molecule has 3 nitrogen and oxygen atoms in total. The molecule has 0 saturated heterocycles. The van der Waals surface area contributed by atoms with Crippen molar-refractivity contribution in [1.29, 1.82) is 0 Å². The van der Waals surface area contributed by atoms with E-state index in [-0.39, 0.29) is 0 Å². The molecule has 0 fully saturated rings. The highest BCUT2D eigenvalue weighted by atomic mass is 16.4. The van der Waals surface area contributed by atoms with Crippen molar-refractivity contribution in [1.82, 2.24) is 0 Å². The monoisotopic (exact) mass is 216 g/mol. The smallest absolute Gasteiger partial charge is 0.300 e. The number of aliphatic hydroxyl groups excluding tert-OH is 1. The summed E-state index contributed by atoms with van der Waals surface area (Å²) in [7, 11) is 0. The summed E-state index contributed by atoms with van der Waals surface area (Å²) in [6.07, 6.45) is 5.57. The van der Waals surface area contributed by atoms with Gasteiger partial charge in [-0.05, 0) is 32.6 Å². The van der Waals surface area contributed by atoms with Gasteiger partial charge in [-0.25, -0.2) is 0 Å². The maximum absolute atomic E-state index is 9.00. The number of unbranched alkanes of at least 4 members (excludes halogenated alkanes) is 1. The largest absolute Gasteiger partial charge is 0.481 e. The van der Waals surface area contributed by atoms with Crippen molar-refractivity contribution in [3.8, 4) is 0 Å². The van der Waals surface area contributed by atoms with E-state index in [2.05, 4.69) is 26.8 Å². The number of aliphatic carboxylic acids is 1. The second-order valence-electron chi connectivity index (χ2n) is 3.96. The summed E-state index contributed by atoms with van der Waals surface area (Å²) in [6.45, 7) is 7.90. The van der Waals surface area contributed by atoms with Crippen LogP contribution in [0.15, 0.2) is 11.6 Å². The van der Waals surface area contributed by atoms with E-state index in [1.165, 1.54) is 12.0 Å². The normalized spacial score (nSPS) is 11.0. The first-order chi connectivity index (χ1) is 6.90. The van der Waals surface area contributed by atoms with Crippen LogP contribution in [0.5, 0.6) is 0 Å². The van der Waals surface area contributed by atoms with Crippen molar-refractivity contribution < 1.29 is 15.0 Å². The summed E-state index contributed by atoms with van der Waals surface area (Å²) in [5.41, 5.74) is 1.39. The fraction of sp³-hybridized carbons (Fsp3) is 0.750. The Morgan fingerprint density at radius 3 is 2.07 bits per heavy atom. The summed E-state index contributed by atoms with van der Waals surface area (Å²) < 4.78 is 0. The molecule has 0 aliphatic rings. The van der Waals surface area contributed by atoms with Gasteiger partial charge in [-0.1, -0.05) is 25.0 Å². The van der Waals surface area contributed by atoms with Crippen molar-refractivity contribution in [2.24, 2.45) is 5.92 Å². The second-order valence-corrected chi connectivity index (χ2v) is 3.96. The topological polar surface area (TPSA) is 57.5 Å². The molecule has 1 atom stereocenters. The molecule has 0 aromatic carbocycles. The molecule has 0 aromatic heterocycles. The maximum atomic E-state index is 9.00. The first-order valence-corrected chi connectivity index (χ1v) is 5.35. The zero-order chi connectivity index (χ0) is 12.3. The quantitative estimate of drug-likeness (QED) is 0.549. The van der Waals surface area contributed by atoms with Crippen LogP contribution in [-0.2, 0) is 4.79 Å². The molecule has 0 amide bonds. The molecule has 0 spiro atoms. The van der Waals surface area contributed by atoms with Crippen LogP contribution in [0.4, 0.5) is 0 Å². The van der Waals surface area contributed by atoms with E-state index in [1.54, 1.807) is 0 Å². The summed E-state index contributed by atoms with van der Waals surface area (Å²) in [4.78, 5) is 9.00. The van der Waals surface area contributed by atoms with Gasteiger partial charge in [0.05, 0.1) is 0 Å². The van der Waals surface area contributed by atoms with Crippen LogP contribution in [0.25, 0.3) is 0 Å². The van der Waals surface area contributed by atoms with Crippen molar-refractivity contribution in [3.63, 3.8) is 0 Å². The summed E-state index contributed by atoms with van der Waals surface area (Å²) in [5, 5.41) is 16.0. The minimum absolute atomic E-state index is 0.335. The third kappa shape index (κ3) is 24.6. The molecule has 0 radical (unpaired) electrons. The first-order valence-electron chi connectivity index (χ1n) is 5.35. The van der Waals surface area contributed by atoms with Gasteiger partial charge in [-0.3, -0.25) is 4.79 Å².